The number of carbonyl (C=O) groups excluding carboxylic acids is 4. The summed E-state index contributed by atoms with van der Waals surface area (Å²) in [5.74, 6) is -2.09. The number of nitrogens with zero attached hydrogens (tertiary/aromatic N) is 1. The second-order valence-corrected chi connectivity index (χ2v) is 10.6. The Bertz CT molecular complexity index is 1320. The highest BCUT2D eigenvalue weighted by molar-refractivity contribution is 5.68. The molecule has 44 heavy (non-hydrogen) atoms. The molecule has 0 radical (unpaired) electrons. The quantitative estimate of drug-likeness (QED) is 0.246. The molecule has 3 rings (SSSR count). The Morgan fingerprint density at radius 3 is 2.16 bits per heavy atom. The Kier molecular flexibility index (Phi) is 12.1. The number of aliphatic hydroxyl groups excluding tert-OH is 1. The molecule has 2 heterocycles. The van der Waals surface area contributed by atoms with Crippen molar-refractivity contribution in [2.24, 2.45) is 0 Å². The predicted octanol–water partition coefficient (Wildman–Crippen LogP) is 2.27. The van der Waals surface area contributed by atoms with E-state index < -0.39 is 54.6 Å². The third-order valence-electron chi connectivity index (χ3n) is 6.66. The highest BCUT2D eigenvalue weighted by Gasteiger charge is 2.53. The van der Waals surface area contributed by atoms with Crippen molar-refractivity contribution in [1.82, 2.24) is 10.2 Å². The number of benzene rings is 1. The largest absolute Gasteiger partial charge is 0.491 e. The van der Waals surface area contributed by atoms with Crippen molar-refractivity contribution in [1.29, 1.82) is 0 Å². The molecule has 1 saturated heterocycles. The number of esters is 4. The maximum Gasteiger partial charge on any atom is 0.303 e. The first kappa shape index (κ1) is 34.3. The van der Waals surface area contributed by atoms with E-state index >= 15 is 0 Å². The molecule has 2 aromatic rings. The molecule has 0 bridgehead atoms. The minimum absolute atomic E-state index is 0.0118. The Morgan fingerprint density at radius 2 is 1.59 bits per heavy atom. The number of aryl methyl sites for hydroxylation is 1. The van der Waals surface area contributed by atoms with E-state index in [1.54, 1.807) is 6.07 Å². The van der Waals surface area contributed by atoms with Gasteiger partial charge in [-0.25, -0.2) is 0 Å². The van der Waals surface area contributed by atoms with E-state index in [0.29, 0.717) is 17.7 Å². The first-order valence-electron chi connectivity index (χ1n) is 14.2. The van der Waals surface area contributed by atoms with Crippen LogP contribution in [0.5, 0.6) is 11.6 Å². The number of rotatable bonds is 13. The van der Waals surface area contributed by atoms with Gasteiger partial charge in [0.1, 0.15) is 25.1 Å². The van der Waals surface area contributed by atoms with Crippen LogP contribution in [0.2, 0.25) is 0 Å². The molecule has 1 aliphatic heterocycles. The summed E-state index contributed by atoms with van der Waals surface area (Å²) in [5.41, 5.74) is 3.34. The molecule has 1 aromatic heterocycles. The minimum atomic E-state index is -1.42. The fourth-order valence-corrected chi connectivity index (χ4v) is 4.81. The number of ether oxygens (including phenoxy) is 7. The van der Waals surface area contributed by atoms with Crippen molar-refractivity contribution in [3.05, 3.63) is 40.6 Å². The summed E-state index contributed by atoms with van der Waals surface area (Å²) in [6.45, 7) is 10.2. The van der Waals surface area contributed by atoms with Gasteiger partial charge in [0, 0.05) is 45.4 Å². The highest BCUT2D eigenvalue weighted by Crippen LogP contribution is 2.34. The zero-order chi connectivity index (χ0) is 32.6. The van der Waals surface area contributed by atoms with Gasteiger partial charge in [-0.2, -0.15) is 0 Å². The average molecular weight is 621 g/mol. The lowest BCUT2D eigenvalue weighted by Gasteiger charge is -2.43. The summed E-state index contributed by atoms with van der Waals surface area (Å²) in [6.07, 6.45) is -6.28. The molecule has 242 valence electrons. The van der Waals surface area contributed by atoms with Crippen LogP contribution in [0.25, 0.3) is 0 Å². The van der Waals surface area contributed by atoms with Gasteiger partial charge >= 0.3 is 23.9 Å². The van der Waals surface area contributed by atoms with Gasteiger partial charge in [0.25, 0.3) is 0 Å². The molecular weight excluding hydrogens is 580 g/mol. The van der Waals surface area contributed by atoms with Gasteiger partial charge in [0.05, 0.1) is 6.61 Å². The highest BCUT2D eigenvalue weighted by atomic mass is 16.7. The van der Waals surface area contributed by atoms with Crippen molar-refractivity contribution >= 4 is 23.9 Å². The van der Waals surface area contributed by atoms with Crippen molar-refractivity contribution in [3.8, 4) is 11.6 Å². The third kappa shape index (κ3) is 9.16. The third-order valence-corrected chi connectivity index (χ3v) is 6.66. The van der Waals surface area contributed by atoms with Gasteiger partial charge in [0.15, 0.2) is 12.2 Å². The molecule has 1 aliphatic rings. The molecule has 0 aliphatic carbocycles. The van der Waals surface area contributed by atoms with Crippen LogP contribution in [0, 0.1) is 6.92 Å². The minimum Gasteiger partial charge on any atom is -0.491 e. The SMILES string of the molecule is CC(=O)OC[C@H]1OC(Oc2n[nH]c(C(C)C)c2Cc2ccc(OCCO)cc2C)[C@H](OC(C)=O)[C@@H](OC(C)=O)[C@@H]1OC(C)=O. The van der Waals surface area contributed by atoms with E-state index in [1.165, 1.54) is 6.92 Å². The van der Waals surface area contributed by atoms with E-state index in [1.807, 2.05) is 32.9 Å². The standard InChI is InChI=1S/C30H40N2O12/c1-15(2)25-23(13-21-8-9-22(12-16(21)3)38-11-10-33)29(32-31-25)44-30-28(42-20(7)37)27(41-19(6)36)26(40-18(5)35)24(43-30)14-39-17(4)34/h8-9,12,15,24,26-28,30,33H,10-11,13-14H2,1-7H3,(H,31,32)/t24-,26-,27+,28-,30?/m1/s1. The van der Waals surface area contributed by atoms with E-state index in [9.17, 15) is 19.2 Å². The molecule has 0 spiro atoms. The lowest BCUT2D eigenvalue weighted by molar-refractivity contribution is -0.289. The topological polar surface area (TPSA) is 182 Å². The number of aromatic nitrogens is 2. The molecule has 1 fully saturated rings. The number of hydrogen-bond donors (Lipinski definition) is 2. The Hall–Kier alpha value is -4.17. The number of H-pyrrole nitrogens is 1. The first-order chi connectivity index (χ1) is 20.8. The van der Waals surface area contributed by atoms with Gasteiger partial charge in [-0.05, 0) is 36.1 Å². The van der Waals surface area contributed by atoms with Crippen LogP contribution in [0.3, 0.4) is 0 Å². The van der Waals surface area contributed by atoms with Crippen LogP contribution >= 0.6 is 0 Å². The maximum absolute atomic E-state index is 12.2. The summed E-state index contributed by atoms with van der Waals surface area (Å²) < 4.78 is 39.4. The fourth-order valence-electron chi connectivity index (χ4n) is 4.81. The van der Waals surface area contributed by atoms with Gasteiger partial charge in [-0.1, -0.05) is 19.9 Å². The Balaban J connectivity index is 2.03. The summed E-state index contributed by atoms with van der Waals surface area (Å²) in [4.78, 5) is 48.0. The van der Waals surface area contributed by atoms with E-state index in [-0.39, 0.29) is 31.6 Å². The first-order valence-corrected chi connectivity index (χ1v) is 14.2. The van der Waals surface area contributed by atoms with Gasteiger partial charge in [-0.15, -0.1) is 5.10 Å². The average Bonchev–Trinajstić information content (AvgIpc) is 3.32. The molecule has 5 atom stereocenters. The second kappa shape index (κ2) is 15.5. The van der Waals surface area contributed by atoms with Gasteiger partial charge in [-0.3, -0.25) is 24.3 Å². The molecule has 0 saturated carbocycles. The number of hydrogen-bond acceptors (Lipinski definition) is 13. The van der Waals surface area contributed by atoms with E-state index in [0.717, 1.165) is 37.6 Å². The zero-order valence-electron chi connectivity index (χ0n) is 25.9. The monoisotopic (exact) mass is 620 g/mol. The Labute approximate surface area is 255 Å². The molecule has 2 N–H and O–H groups in total. The molecule has 0 amide bonds. The van der Waals surface area contributed by atoms with Gasteiger partial charge < -0.3 is 38.3 Å². The van der Waals surface area contributed by atoms with Crippen molar-refractivity contribution in [2.75, 3.05) is 19.8 Å². The van der Waals surface area contributed by atoms with E-state index in [2.05, 4.69) is 10.2 Å². The number of aromatic amines is 1. The molecule has 1 unspecified atom stereocenters. The molecular formula is C30H40N2O12. The van der Waals surface area contributed by atoms with Crippen LogP contribution in [0.1, 0.15) is 69.8 Å². The van der Waals surface area contributed by atoms with Gasteiger partial charge in [0.2, 0.25) is 18.3 Å². The van der Waals surface area contributed by atoms with Crippen LogP contribution in [0.15, 0.2) is 18.2 Å². The molecule has 14 nitrogen and oxygen atoms in total. The number of carbonyl (C=O) groups is 4. The summed E-state index contributed by atoms with van der Waals surface area (Å²) >= 11 is 0. The van der Waals surface area contributed by atoms with Crippen LogP contribution in [-0.4, -0.2) is 89.7 Å². The molecule has 14 heteroatoms. The van der Waals surface area contributed by atoms with Crippen molar-refractivity contribution in [3.63, 3.8) is 0 Å². The van der Waals surface area contributed by atoms with E-state index in [4.69, 9.17) is 38.3 Å². The van der Waals surface area contributed by atoms with Crippen molar-refractivity contribution in [2.45, 2.75) is 91.5 Å². The van der Waals surface area contributed by atoms with Crippen molar-refractivity contribution < 1.29 is 57.4 Å². The summed E-state index contributed by atoms with van der Waals surface area (Å²) in [5, 5.41) is 16.5. The molecule has 1 aromatic carbocycles. The zero-order valence-corrected chi connectivity index (χ0v) is 25.9. The number of nitrogens with one attached hydrogen (secondary N) is 1. The lowest BCUT2D eigenvalue weighted by atomic mass is 9.96. The lowest BCUT2D eigenvalue weighted by Crippen LogP contribution is -2.63. The smallest absolute Gasteiger partial charge is 0.303 e. The predicted molar refractivity (Wildman–Crippen MR) is 152 cm³/mol. The normalized spacial score (nSPS) is 21.3. The number of aliphatic hydroxyl groups is 1. The fraction of sp³-hybridized carbons (Fsp3) is 0.567. The van der Waals surface area contributed by atoms with Crippen LogP contribution < -0.4 is 9.47 Å². The summed E-state index contributed by atoms with van der Waals surface area (Å²) in [6, 6.07) is 5.56. The second-order valence-electron chi connectivity index (χ2n) is 10.6. The van der Waals surface area contributed by atoms with Crippen LogP contribution in [0.4, 0.5) is 0 Å². The Morgan fingerprint density at radius 1 is 0.955 bits per heavy atom. The van der Waals surface area contributed by atoms with Crippen LogP contribution in [-0.2, 0) is 49.3 Å². The summed E-state index contributed by atoms with van der Waals surface area (Å²) in [7, 11) is 0. The maximum atomic E-state index is 12.2.